The van der Waals surface area contributed by atoms with Crippen LogP contribution in [0.15, 0.2) is 0 Å². The van der Waals surface area contributed by atoms with Crippen molar-refractivity contribution in [3.63, 3.8) is 0 Å². The maximum Gasteiger partial charge on any atom is 0.305 e. The van der Waals surface area contributed by atoms with Crippen molar-refractivity contribution in [2.45, 2.75) is 80.1 Å². The molecule has 0 aromatic heterocycles. The topological polar surface area (TPSA) is 26.3 Å². The maximum atomic E-state index is 11.5. The lowest BCUT2D eigenvalue weighted by Crippen LogP contribution is -2.14. The number of unbranched alkanes of at least 4 members (excludes halogenated alkanes) is 1. The van der Waals surface area contributed by atoms with Crippen LogP contribution >= 0.6 is 0 Å². The molecule has 0 saturated heterocycles. The van der Waals surface area contributed by atoms with Gasteiger partial charge in [0.05, 0.1) is 6.61 Å². The molecule has 19 heavy (non-hydrogen) atoms. The summed E-state index contributed by atoms with van der Waals surface area (Å²) in [6.07, 6.45) is 6.05. The Bertz CT molecular complexity index is 238. The quantitative estimate of drug-likeness (QED) is 0.425. The minimum absolute atomic E-state index is 0.0216. The molecule has 0 radical (unpaired) electrons. The van der Waals surface area contributed by atoms with E-state index in [1.165, 1.54) is 12.8 Å². The van der Waals surface area contributed by atoms with E-state index >= 15 is 0 Å². The van der Waals surface area contributed by atoms with Crippen molar-refractivity contribution in [1.29, 1.82) is 0 Å². The molecule has 2 heteroatoms. The highest BCUT2D eigenvalue weighted by Crippen LogP contribution is 2.25. The van der Waals surface area contributed by atoms with Crippen molar-refractivity contribution in [1.82, 2.24) is 0 Å². The Labute approximate surface area is 120 Å². The summed E-state index contributed by atoms with van der Waals surface area (Å²) in [5, 5.41) is 0. The Hall–Kier alpha value is -0.530. The van der Waals surface area contributed by atoms with E-state index in [-0.39, 0.29) is 5.97 Å². The molecule has 0 heterocycles. The zero-order valence-corrected chi connectivity index (χ0v) is 13.9. The highest BCUT2D eigenvalue weighted by atomic mass is 16.5. The van der Waals surface area contributed by atoms with Gasteiger partial charge in [-0.3, -0.25) is 4.79 Å². The minimum atomic E-state index is -0.0216. The van der Waals surface area contributed by atoms with Gasteiger partial charge in [0, 0.05) is 6.42 Å². The molecule has 0 aromatic rings. The van der Waals surface area contributed by atoms with Gasteiger partial charge in [-0.25, -0.2) is 0 Å². The van der Waals surface area contributed by atoms with E-state index in [0.717, 1.165) is 25.2 Å². The monoisotopic (exact) mass is 270 g/mol. The molecule has 0 amide bonds. The SMILES string of the molecule is CC(C)CCCCC(=O)OCCC(C)CC(C)(C)C. The molecule has 114 valence electrons. The van der Waals surface area contributed by atoms with Crippen molar-refractivity contribution in [3.05, 3.63) is 0 Å². The fourth-order valence-electron chi connectivity index (χ4n) is 2.42. The lowest BCUT2D eigenvalue weighted by molar-refractivity contribution is -0.144. The molecule has 1 unspecified atom stereocenters. The first kappa shape index (κ1) is 18.5. The fraction of sp³-hybridized carbons (Fsp3) is 0.941. The lowest BCUT2D eigenvalue weighted by atomic mass is 9.84. The predicted octanol–water partition coefficient (Wildman–Crippen LogP) is 5.21. The van der Waals surface area contributed by atoms with Crippen molar-refractivity contribution >= 4 is 5.97 Å². The van der Waals surface area contributed by atoms with Crippen LogP contribution in [0.2, 0.25) is 0 Å². The molecule has 0 aromatic carbocycles. The Morgan fingerprint density at radius 3 is 2.21 bits per heavy atom. The van der Waals surface area contributed by atoms with Gasteiger partial charge in [0.2, 0.25) is 0 Å². The first-order valence-electron chi connectivity index (χ1n) is 7.86. The van der Waals surface area contributed by atoms with Crippen LogP contribution < -0.4 is 0 Å². The van der Waals surface area contributed by atoms with Gasteiger partial charge in [0.1, 0.15) is 0 Å². The number of carbonyl (C=O) groups excluding carboxylic acids is 1. The summed E-state index contributed by atoms with van der Waals surface area (Å²) in [4.78, 5) is 11.5. The minimum Gasteiger partial charge on any atom is -0.466 e. The van der Waals surface area contributed by atoms with Crippen LogP contribution in [-0.4, -0.2) is 12.6 Å². The number of ether oxygens (including phenoxy) is 1. The smallest absolute Gasteiger partial charge is 0.305 e. The second-order valence-electron chi connectivity index (χ2n) is 7.52. The Kier molecular flexibility index (Phi) is 9.12. The molecule has 0 bridgehead atoms. The third-order valence-electron chi connectivity index (χ3n) is 3.25. The van der Waals surface area contributed by atoms with Gasteiger partial charge in [0.15, 0.2) is 0 Å². The summed E-state index contributed by atoms with van der Waals surface area (Å²) in [6, 6.07) is 0. The standard InChI is InChI=1S/C17H34O2/c1-14(2)9-7-8-10-16(18)19-12-11-15(3)13-17(4,5)6/h14-15H,7-13H2,1-6H3. The molecule has 0 fully saturated rings. The molecule has 0 spiro atoms. The van der Waals surface area contributed by atoms with Gasteiger partial charge >= 0.3 is 5.97 Å². The van der Waals surface area contributed by atoms with Crippen LogP contribution in [0.4, 0.5) is 0 Å². The predicted molar refractivity (Wildman–Crippen MR) is 82.1 cm³/mol. The summed E-state index contributed by atoms with van der Waals surface area (Å²) in [5.74, 6) is 1.33. The van der Waals surface area contributed by atoms with Gasteiger partial charge in [0.25, 0.3) is 0 Å². The molecule has 0 aliphatic heterocycles. The van der Waals surface area contributed by atoms with E-state index in [1.807, 2.05) is 0 Å². The zero-order chi connectivity index (χ0) is 14.9. The highest BCUT2D eigenvalue weighted by Gasteiger charge is 2.15. The van der Waals surface area contributed by atoms with Crippen LogP contribution in [0.5, 0.6) is 0 Å². The Morgan fingerprint density at radius 1 is 1.05 bits per heavy atom. The van der Waals surface area contributed by atoms with E-state index < -0.39 is 0 Å². The average Bonchev–Trinajstić information content (AvgIpc) is 2.21. The summed E-state index contributed by atoms with van der Waals surface area (Å²) >= 11 is 0. The summed E-state index contributed by atoms with van der Waals surface area (Å²) in [5.41, 5.74) is 0.361. The largest absolute Gasteiger partial charge is 0.466 e. The van der Waals surface area contributed by atoms with Crippen LogP contribution in [0.3, 0.4) is 0 Å². The Morgan fingerprint density at radius 2 is 1.68 bits per heavy atom. The van der Waals surface area contributed by atoms with Gasteiger partial charge < -0.3 is 4.74 Å². The van der Waals surface area contributed by atoms with Crippen LogP contribution in [0.25, 0.3) is 0 Å². The van der Waals surface area contributed by atoms with Gasteiger partial charge in [-0.15, -0.1) is 0 Å². The van der Waals surface area contributed by atoms with Crippen molar-refractivity contribution < 1.29 is 9.53 Å². The van der Waals surface area contributed by atoms with Crippen LogP contribution in [0, 0.1) is 17.3 Å². The second kappa shape index (κ2) is 9.39. The van der Waals surface area contributed by atoms with E-state index in [1.54, 1.807) is 0 Å². The van der Waals surface area contributed by atoms with Crippen LogP contribution in [0.1, 0.15) is 80.1 Å². The third-order valence-corrected chi connectivity index (χ3v) is 3.25. The Balaban J connectivity index is 3.53. The molecule has 2 nitrogen and oxygen atoms in total. The van der Waals surface area contributed by atoms with E-state index in [4.69, 9.17) is 4.74 Å². The molecule has 0 aliphatic rings. The number of rotatable bonds is 9. The van der Waals surface area contributed by atoms with E-state index in [0.29, 0.717) is 24.4 Å². The number of hydrogen-bond donors (Lipinski definition) is 0. The van der Waals surface area contributed by atoms with Gasteiger partial charge in [-0.05, 0) is 36.5 Å². The molecule has 0 aliphatic carbocycles. The zero-order valence-electron chi connectivity index (χ0n) is 13.9. The summed E-state index contributed by atoms with van der Waals surface area (Å²) in [7, 11) is 0. The molecule has 1 atom stereocenters. The van der Waals surface area contributed by atoms with Crippen molar-refractivity contribution in [2.75, 3.05) is 6.61 Å². The molecule has 0 N–H and O–H groups in total. The van der Waals surface area contributed by atoms with Gasteiger partial charge in [-0.1, -0.05) is 54.4 Å². The molecule has 0 saturated carbocycles. The summed E-state index contributed by atoms with van der Waals surface area (Å²) < 4.78 is 5.30. The number of carbonyl (C=O) groups is 1. The number of hydrogen-bond acceptors (Lipinski definition) is 2. The van der Waals surface area contributed by atoms with Crippen molar-refractivity contribution in [3.8, 4) is 0 Å². The first-order valence-corrected chi connectivity index (χ1v) is 7.86. The van der Waals surface area contributed by atoms with Gasteiger partial charge in [-0.2, -0.15) is 0 Å². The molecular formula is C17H34O2. The summed E-state index contributed by atoms with van der Waals surface area (Å²) in [6.45, 7) is 14.0. The van der Waals surface area contributed by atoms with Crippen molar-refractivity contribution in [2.24, 2.45) is 17.3 Å². The van der Waals surface area contributed by atoms with E-state index in [9.17, 15) is 4.79 Å². The maximum absolute atomic E-state index is 11.5. The molecular weight excluding hydrogens is 236 g/mol. The number of esters is 1. The fourth-order valence-corrected chi connectivity index (χ4v) is 2.42. The lowest BCUT2D eigenvalue weighted by Gasteiger charge is -2.23. The average molecular weight is 270 g/mol. The normalized spacial score (nSPS) is 13.6. The third kappa shape index (κ3) is 13.7. The second-order valence-corrected chi connectivity index (χ2v) is 7.52. The van der Waals surface area contributed by atoms with E-state index in [2.05, 4.69) is 41.5 Å². The van der Waals surface area contributed by atoms with Crippen LogP contribution in [-0.2, 0) is 9.53 Å². The first-order chi connectivity index (χ1) is 8.70. The highest BCUT2D eigenvalue weighted by molar-refractivity contribution is 5.69. The molecule has 0 rings (SSSR count).